The first-order valence-electron chi connectivity index (χ1n) is 16.2. The largest absolute Gasteiger partial charge is 0.417 e. The van der Waals surface area contributed by atoms with E-state index in [0.717, 1.165) is 62.0 Å². The molecule has 8 heteroatoms. The molecular weight excluding hydrogens is 646 g/mol. The fourth-order valence-electron chi connectivity index (χ4n) is 7.35. The minimum atomic E-state index is -4.82. The molecule has 0 unspecified atom stereocenters. The average Bonchev–Trinajstić information content (AvgIpc) is 3.53. The van der Waals surface area contributed by atoms with Gasteiger partial charge in [0.15, 0.2) is 0 Å². The highest BCUT2D eigenvalue weighted by Gasteiger charge is 2.38. The van der Waals surface area contributed by atoms with Crippen LogP contribution in [0.5, 0.6) is 0 Å². The first-order chi connectivity index (χ1) is 23.7. The van der Waals surface area contributed by atoms with Gasteiger partial charge in [-0.1, -0.05) is 66.7 Å². The number of aromatic nitrogens is 2. The molecule has 0 N–H and O–H groups in total. The smallest absolute Gasteiger partial charge is 0.309 e. The molecule has 0 fully saturated rings. The van der Waals surface area contributed by atoms with E-state index in [4.69, 9.17) is 0 Å². The van der Waals surface area contributed by atoms with Crippen LogP contribution in [0.3, 0.4) is 0 Å². The van der Waals surface area contributed by atoms with Gasteiger partial charge in [0, 0.05) is 27.1 Å². The van der Waals surface area contributed by atoms with Gasteiger partial charge in [0.05, 0.1) is 44.6 Å². The first-order valence-corrected chi connectivity index (χ1v) is 16.2. The van der Waals surface area contributed by atoms with Crippen LogP contribution < -0.4 is 0 Å². The van der Waals surface area contributed by atoms with Gasteiger partial charge in [-0.2, -0.15) is 26.3 Å². The van der Waals surface area contributed by atoms with E-state index in [0.29, 0.717) is 22.1 Å². The summed E-state index contributed by atoms with van der Waals surface area (Å²) in [5.74, 6) is 0. The number of benzene rings is 6. The highest BCUT2D eigenvalue weighted by atomic mass is 19.4. The average molecular weight is 677 g/mol. The molecule has 0 aliphatic heterocycles. The maximum Gasteiger partial charge on any atom is 0.417 e. The number of hydrogen-bond donors (Lipinski definition) is 0. The Bertz CT molecular complexity index is 2400. The molecule has 6 aromatic carbocycles. The van der Waals surface area contributed by atoms with Gasteiger partial charge in [0.2, 0.25) is 0 Å². The van der Waals surface area contributed by atoms with E-state index in [-0.39, 0.29) is 22.5 Å². The van der Waals surface area contributed by atoms with Crippen LogP contribution in [-0.4, -0.2) is 9.13 Å². The fraction of sp³-hybridized carbons (Fsp3) is 0.143. The zero-order valence-electron chi connectivity index (χ0n) is 27.6. The van der Waals surface area contributed by atoms with Crippen LogP contribution in [0.25, 0.3) is 66.1 Å². The molecule has 0 bridgehead atoms. The lowest BCUT2D eigenvalue weighted by Crippen LogP contribution is -2.13. The molecule has 0 aliphatic carbocycles. The van der Waals surface area contributed by atoms with Crippen molar-refractivity contribution in [2.45, 2.75) is 40.0 Å². The van der Waals surface area contributed by atoms with Crippen LogP contribution in [0.15, 0.2) is 109 Å². The molecule has 2 nitrogen and oxygen atoms in total. The standard InChI is InChI=1S/C42H30F6N2/c1-23-9-13-28-29-14-10-24(2)18-35(29)49(34(28)17-23)38-21-27(41(43,44)45)22-39(40(38)32-7-5-6-8-33(32)42(46,47)48)50-36-19-25(3)11-15-30(36)31-16-12-26(4)20-37(31)50/h5-22H,1-4H3. The second-order valence-corrected chi connectivity index (χ2v) is 13.2. The van der Waals surface area contributed by atoms with E-state index in [2.05, 4.69) is 0 Å². The molecule has 0 spiro atoms. The number of fused-ring (bicyclic) bond motifs is 6. The predicted octanol–water partition coefficient (Wildman–Crippen LogP) is 12.8. The molecule has 0 saturated heterocycles. The summed E-state index contributed by atoms with van der Waals surface area (Å²) >= 11 is 0. The van der Waals surface area contributed by atoms with Crippen molar-refractivity contribution in [2.24, 2.45) is 0 Å². The maximum absolute atomic E-state index is 15.1. The van der Waals surface area contributed by atoms with Crippen LogP contribution >= 0.6 is 0 Å². The summed E-state index contributed by atoms with van der Waals surface area (Å²) in [5.41, 5.74) is 3.70. The second kappa shape index (κ2) is 11.0. The molecule has 50 heavy (non-hydrogen) atoms. The summed E-state index contributed by atoms with van der Waals surface area (Å²) in [5, 5.41) is 3.12. The molecule has 0 radical (unpaired) electrons. The van der Waals surface area contributed by atoms with Gasteiger partial charge in [0.25, 0.3) is 0 Å². The Labute approximate surface area is 283 Å². The highest BCUT2D eigenvalue weighted by molar-refractivity contribution is 6.12. The third-order valence-electron chi connectivity index (χ3n) is 9.56. The Morgan fingerprint density at radius 1 is 0.420 bits per heavy atom. The molecule has 250 valence electrons. The Hall–Kier alpha value is -5.50. The van der Waals surface area contributed by atoms with Crippen molar-refractivity contribution in [2.75, 3.05) is 0 Å². The van der Waals surface area contributed by atoms with Gasteiger partial charge in [0.1, 0.15) is 0 Å². The minimum absolute atomic E-state index is 0.00182. The van der Waals surface area contributed by atoms with E-state index < -0.39 is 23.5 Å². The molecule has 0 amide bonds. The van der Waals surface area contributed by atoms with Crippen molar-refractivity contribution in [1.82, 2.24) is 9.13 Å². The summed E-state index contributed by atoms with van der Waals surface area (Å²) in [4.78, 5) is 0. The molecule has 0 saturated carbocycles. The van der Waals surface area contributed by atoms with E-state index in [1.165, 1.54) is 18.2 Å². The lowest BCUT2D eigenvalue weighted by molar-refractivity contribution is -0.138. The third kappa shape index (κ3) is 4.96. The van der Waals surface area contributed by atoms with E-state index in [9.17, 15) is 13.2 Å². The van der Waals surface area contributed by atoms with Gasteiger partial charge < -0.3 is 9.13 Å². The van der Waals surface area contributed by atoms with Crippen molar-refractivity contribution >= 4 is 43.6 Å². The number of hydrogen-bond acceptors (Lipinski definition) is 0. The van der Waals surface area contributed by atoms with Gasteiger partial charge in [-0.25, -0.2) is 0 Å². The van der Waals surface area contributed by atoms with Crippen molar-refractivity contribution in [3.8, 4) is 22.5 Å². The summed E-state index contributed by atoms with van der Waals surface area (Å²) in [6, 6.07) is 30.0. The lowest BCUT2D eigenvalue weighted by atomic mass is 9.93. The molecule has 2 heterocycles. The molecule has 0 aliphatic rings. The van der Waals surface area contributed by atoms with Gasteiger partial charge in [-0.15, -0.1) is 0 Å². The van der Waals surface area contributed by atoms with Crippen molar-refractivity contribution < 1.29 is 26.3 Å². The summed E-state index contributed by atoms with van der Waals surface area (Å²) in [6.07, 6.45) is -9.61. The Morgan fingerprint density at radius 2 is 0.780 bits per heavy atom. The topological polar surface area (TPSA) is 9.86 Å². The van der Waals surface area contributed by atoms with Crippen LogP contribution in [0, 0.1) is 27.7 Å². The number of alkyl halides is 6. The molecular formula is C42H30F6N2. The number of rotatable bonds is 3. The molecule has 2 aromatic heterocycles. The molecule has 8 rings (SSSR count). The van der Waals surface area contributed by atoms with Gasteiger partial charge in [-0.3, -0.25) is 0 Å². The number of aryl methyl sites for hydroxylation is 4. The van der Waals surface area contributed by atoms with E-state index in [1.807, 2.05) is 100 Å². The Balaban J connectivity index is 1.68. The van der Waals surface area contributed by atoms with Crippen molar-refractivity contribution in [1.29, 1.82) is 0 Å². The Morgan fingerprint density at radius 3 is 1.12 bits per heavy atom. The van der Waals surface area contributed by atoms with Crippen LogP contribution in [0.2, 0.25) is 0 Å². The van der Waals surface area contributed by atoms with Gasteiger partial charge in [-0.05, 0) is 98.0 Å². The quantitative estimate of drug-likeness (QED) is 0.165. The molecule has 0 atom stereocenters. The molecule has 8 aromatic rings. The number of halogens is 6. The summed E-state index contributed by atoms with van der Waals surface area (Å²) in [6.45, 7) is 7.53. The van der Waals surface area contributed by atoms with Gasteiger partial charge >= 0.3 is 12.4 Å². The predicted molar refractivity (Wildman–Crippen MR) is 190 cm³/mol. The second-order valence-electron chi connectivity index (χ2n) is 13.2. The summed E-state index contributed by atoms with van der Waals surface area (Å²) < 4.78 is 93.8. The van der Waals surface area contributed by atoms with Crippen molar-refractivity contribution in [3.63, 3.8) is 0 Å². The highest BCUT2D eigenvalue weighted by Crippen LogP contribution is 2.48. The maximum atomic E-state index is 15.1. The minimum Gasteiger partial charge on any atom is -0.309 e. The van der Waals surface area contributed by atoms with Crippen LogP contribution in [-0.2, 0) is 12.4 Å². The van der Waals surface area contributed by atoms with Crippen molar-refractivity contribution in [3.05, 3.63) is 143 Å². The third-order valence-corrected chi connectivity index (χ3v) is 9.56. The first kappa shape index (κ1) is 31.7. The monoisotopic (exact) mass is 676 g/mol. The zero-order valence-corrected chi connectivity index (χ0v) is 27.6. The zero-order chi connectivity index (χ0) is 35.3. The number of nitrogens with zero attached hydrogens (tertiary/aromatic N) is 2. The lowest BCUT2D eigenvalue weighted by Gasteiger charge is -2.24. The van der Waals surface area contributed by atoms with Crippen LogP contribution in [0.4, 0.5) is 26.3 Å². The Kier molecular flexibility index (Phi) is 6.99. The fourth-order valence-corrected chi connectivity index (χ4v) is 7.35. The van der Waals surface area contributed by atoms with E-state index >= 15 is 13.2 Å². The van der Waals surface area contributed by atoms with Crippen LogP contribution in [0.1, 0.15) is 33.4 Å². The SMILES string of the molecule is Cc1ccc2c3ccc(C)cc3n(-c3cc(C(F)(F)F)cc(-n4c5cc(C)ccc5c5ccc(C)cc54)c3-c3ccccc3C(F)(F)F)c2c1. The van der Waals surface area contributed by atoms with E-state index in [1.54, 1.807) is 9.13 Å². The summed E-state index contributed by atoms with van der Waals surface area (Å²) in [7, 11) is 0. The normalized spacial score (nSPS) is 12.6.